The van der Waals surface area contributed by atoms with Gasteiger partial charge in [0.05, 0.1) is 18.1 Å². The van der Waals surface area contributed by atoms with E-state index in [1.165, 1.54) is 24.1 Å². The second-order valence-electron chi connectivity index (χ2n) is 5.11. The van der Waals surface area contributed by atoms with Crippen LogP contribution in [0.2, 0.25) is 0 Å². The van der Waals surface area contributed by atoms with Crippen LogP contribution in [0.25, 0.3) is 0 Å². The Balaban J connectivity index is 1.99. The molecule has 126 valence electrons. The topological polar surface area (TPSA) is 81.9 Å². The van der Waals surface area contributed by atoms with E-state index in [4.69, 9.17) is 9.47 Å². The molecule has 7 nitrogen and oxygen atoms in total. The summed E-state index contributed by atoms with van der Waals surface area (Å²) in [5, 5.41) is 11.1. The zero-order chi connectivity index (χ0) is 17.5. The number of nitro benzene ring substituents is 1. The molecule has 0 aliphatic carbocycles. The van der Waals surface area contributed by atoms with E-state index in [-0.39, 0.29) is 24.0 Å². The number of nitrogens with zero attached hydrogens (tertiary/aromatic N) is 2. The smallest absolute Gasteiger partial charge is 0.314 e. The minimum Gasteiger partial charge on any atom is -0.496 e. The molecule has 0 bridgehead atoms. The molecule has 0 saturated heterocycles. The molecular formula is C17H18N2O5. The van der Waals surface area contributed by atoms with Gasteiger partial charge in [-0.2, -0.15) is 0 Å². The lowest BCUT2D eigenvalue weighted by Gasteiger charge is -2.17. The molecule has 2 aromatic rings. The second-order valence-corrected chi connectivity index (χ2v) is 5.11. The minimum absolute atomic E-state index is 0.0299. The van der Waals surface area contributed by atoms with Gasteiger partial charge in [-0.05, 0) is 17.7 Å². The third-order valence-corrected chi connectivity index (χ3v) is 3.40. The van der Waals surface area contributed by atoms with Crippen molar-refractivity contribution in [2.75, 3.05) is 20.8 Å². The van der Waals surface area contributed by atoms with E-state index >= 15 is 0 Å². The highest BCUT2D eigenvalue weighted by Crippen LogP contribution is 2.30. The SMILES string of the molecule is COc1ccc(OCC(=O)N(C)Cc2ccccc2)c([N+](=O)[O-])c1. The highest BCUT2D eigenvalue weighted by Gasteiger charge is 2.18. The van der Waals surface area contributed by atoms with Crippen LogP contribution in [0.4, 0.5) is 5.69 Å². The van der Waals surface area contributed by atoms with E-state index in [9.17, 15) is 14.9 Å². The van der Waals surface area contributed by atoms with Crippen LogP contribution in [-0.2, 0) is 11.3 Å². The Hall–Kier alpha value is -3.09. The Labute approximate surface area is 139 Å². The van der Waals surface area contributed by atoms with Gasteiger partial charge in [0, 0.05) is 13.6 Å². The summed E-state index contributed by atoms with van der Waals surface area (Å²) < 4.78 is 10.3. The van der Waals surface area contributed by atoms with Crippen LogP contribution in [-0.4, -0.2) is 36.5 Å². The molecular weight excluding hydrogens is 312 g/mol. The lowest BCUT2D eigenvalue weighted by molar-refractivity contribution is -0.385. The maximum absolute atomic E-state index is 12.1. The standard InChI is InChI=1S/C17H18N2O5/c1-18(11-13-6-4-3-5-7-13)17(20)12-24-16-9-8-14(23-2)10-15(16)19(21)22/h3-10H,11-12H2,1-2H3. The van der Waals surface area contributed by atoms with Crippen LogP contribution < -0.4 is 9.47 Å². The fourth-order valence-electron chi connectivity index (χ4n) is 2.08. The first-order valence-electron chi connectivity index (χ1n) is 7.24. The lowest BCUT2D eigenvalue weighted by atomic mass is 10.2. The van der Waals surface area contributed by atoms with E-state index in [0.29, 0.717) is 12.3 Å². The van der Waals surface area contributed by atoms with Gasteiger partial charge < -0.3 is 14.4 Å². The summed E-state index contributed by atoms with van der Waals surface area (Å²) in [5.74, 6) is 0.104. The fraction of sp³-hybridized carbons (Fsp3) is 0.235. The van der Waals surface area contributed by atoms with Gasteiger partial charge in [-0.15, -0.1) is 0 Å². The molecule has 24 heavy (non-hydrogen) atoms. The Morgan fingerprint density at radius 1 is 1.21 bits per heavy atom. The molecule has 2 aromatic carbocycles. The van der Waals surface area contributed by atoms with Gasteiger partial charge >= 0.3 is 5.69 Å². The number of methoxy groups -OCH3 is 1. The third-order valence-electron chi connectivity index (χ3n) is 3.40. The number of amides is 1. The van der Waals surface area contributed by atoms with Crippen LogP contribution >= 0.6 is 0 Å². The molecule has 7 heteroatoms. The van der Waals surface area contributed by atoms with E-state index in [1.807, 2.05) is 30.3 Å². The summed E-state index contributed by atoms with van der Waals surface area (Å²) in [6.07, 6.45) is 0. The highest BCUT2D eigenvalue weighted by molar-refractivity contribution is 5.77. The van der Waals surface area contributed by atoms with Crippen molar-refractivity contribution in [3.8, 4) is 11.5 Å². The van der Waals surface area contributed by atoms with Crippen molar-refractivity contribution in [3.63, 3.8) is 0 Å². The zero-order valence-electron chi connectivity index (χ0n) is 13.5. The monoisotopic (exact) mass is 330 g/mol. The number of hydrogen-bond acceptors (Lipinski definition) is 5. The number of carbonyl (C=O) groups excluding carboxylic acids is 1. The molecule has 0 unspecified atom stereocenters. The molecule has 2 rings (SSSR count). The van der Waals surface area contributed by atoms with Crippen molar-refractivity contribution >= 4 is 11.6 Å². The number of ether oxygens (including phenoxy) is 2. The summed E-state index contributed by atoms with van der Waals surface area (Å²) in [6.45, 7) is 0.157. The molecule has 0 aliphatic heterocycles. The van der Waals surface area contributed by atoms with Gasteiger partial charge in [-0.3, -0.25) is 14.9 Å². The molecule has 0 spiro atoms. The van der Waals surface area contributed by atoms with E-state index in [2.05, 4.69) is 0 Å². The molecule has 0 N–H and O–H groups in total. The van der Waals surface area contributed by atoms with Gasteiger partial charge in [0.2, 0.25) is 0 Å². The summed E-state index contributed by atoms with van der Waals surface area (Å²) in [4.78, 5) is 24.1. The van der Waals surface area contributed by atoms with Gasteiger partial charge in [-0.1, -0.05) is 30.3 Å². The predicted molar refractivity (Wildman–Crippen MR) is 88.1 cm³/mol. The van der Waals surface area contributed by atoms with Crippen molar-refractivity contribution < 1.29 is 19.2 Å². The van der Waals surface area contributed by atoms with Crippen LogP contribution in [0.1, 0.15) is 5.56 Å². The second kappa shape index (κ2) is 7.96. The molecule has 0 atom stereocenters. The van der Waals surface area contributed by atoms with E-state index in [0.717, 1.165) is 5.56 Å². The number of nitro groups is 1. The number of rotatable bonds is 7. The largest absolute Gasteiger partial charge is 0.496 e. The minimum atomic E-state index is -0.573. The summed E-state index contributed by atoms with van der Waals surface area (Å²) in [7, 11) is 3.07. The van der Waals surface area contributed by atoms with Crippen molar-refractivity contribution in [2.24, 2.45) is 0 Å². The van der Waals surface area contributed by atoms with Crippen LogP contribution in [0, 0.1) is 10.1 Å². The normalized spacial score (nSPS) is 10.1. The third kappa shape index (κ3) is 4.45. The average molecular weight is 330 g/mol. The van der Waals surface area contributed by atoms with Gasteiger partial charge in [0.1, 0.15) is 5.75 Å². The first-order valence-corrected chi connectivity index (χ1v) is 7.24. The fourth-order valence-corrected chi connectivity index (χ4v) is 2.08. The van der Waals surface area contributed by atoms with E-state index in [1.54, 1.807) is 13.1 Å². The molecule has 0 fully saturated rings. The first kappa shape index (κ1) is 17.3. The molecule has 0 radical (unpaired) electrons. The average Bonchev–Trinajstić information content (AvgIpc) is 2.60. The van der Waals surface area contributed by atoms with E-state index < -0.39 is 4.92 Å². The van der Waals surface area contributed by atoms with Crippen molar-refractivity contribution in [1.29, 1.82) is 0 Å². The van der Waals surface area contributed by atoms with Crippen LogP contribution in [0.3, 0.4) is 0 Å². The summed E-state index contributed by atoms with van der Waals surface area (Å²) >= 11 is 0. The number of carbonyl (C=O) groups is 1. The van der Waals surface area contributed by atoms with Gasteiger partial charge in [-0.25, -0.2) is 0 Å². The first-order chi connectivity index (χ1) is 11.5. The molecule has 0 aliphatic rings. The molecule has 1 amide bonds. The number of likely N-dealkylation sites (N-methyl/N-ethyl adjacent to an activating group) is 1. The zero-order valence-corrected chi connectivity index (χ0v) is 13.5. The summed E-state index contributed by atoms with van der Waals surface area (Å²) in [6, 6.07) is 13.7. The van der Waals surface area contributed by atoms with Crippen molar-refractivity contribution in [3.05, 3.63) is 64.2 Å². The Kier molecular flexibility index (Phi) is 5.73. The molecule has 0 aromatic heterocycles. The molecule has 0 saturated carbocycles. The van der Waals surface area contributed by atoms with Gasteiger partial charge in [0.15, 0.2) is 12.4 Å². The molecule has 0 heterocycles. The number of benzene rings is 2. The Morgan fingerprint density at radius 3 is 2.54 bits per heavy atom. The maximum atomic E-state index is 12.1. The predicted octanol–water partition coefficient (Wildman–Crippen LogP) is 2.64. The van der Waals surface area contributed by atoms with Crippen LogP contribution in [0.15, 0.2) is 48.5 Å². The highest BCUT2D eigenvalue weighted by atomic mass is 16.6. The van der Waals surface area contributed by atoms with Gasteiger partial charge in [0.25, 0.3) is 5.91 Å². The quantitative estimate of drug-likeness (QED) is 0.576. The van der Waals surface area contributed by atoms with Crippen molar-refractivity contribution in [1.82, 2.24) is 4.90 Å². The van der Waals surface area contributed by atoms with Crippen LogP contribution in [0.5, 0.6) is 11.5 Å². The number of hydrogen-bond donors (Lipinski definition) is 0. The Bertz CT molecular complexity index is 718. The van der Waals surface area contributed by atoms with Crippen molar-refractivity contribution in [2.45, 2.75) is 6.54 Å². The summed E-state index contributed by atoms with van der Waals surface area (Å²) in [5.41, 5.74) is 0.747. The lowest BCUT2D eigenvalue weighted by Crippen LogP contribution is -2.31. The maximum Gasteiger partial charge on any atom is 0.314 e. The Morgan fingerprint density at radius 2 is 1.92 bits per heavy atom.